The van der Waals surface area contributed by atoms with Crippen molar-refractivity contribution < 1.29 is 52.8 Å². The van der Waals surface area contributed by atoms with Gasteiger partial charge in [-0.05, 0) is 146 Å². The van der Waals surface area contributed by atoms with Crippen molar-refractivity contribution in [3.63, 3.8) is 0 Å². The molecule has 36 heteroatoms. The molecule has 9 aromatic rings. The lowest BCUT2D eigenvalue weighted by Crippen LogP contribution is -2.55. The number of amides is 3. The number of carbonyl (C=O) groups excluding carboxylic acids is 3. The predicted octanol–water partition coefficient (Wildman–Crippen LogP) is 12.3. The first-order valence-corrected chi connectivity index (χ1v) is 37.0. The lowest BCUT2D eigenvalue weighted by atomic mass is 10.0. The maximum Gasteiger partial charge on any atom is 0.280 e. The Balaban J connectivity index is 0.000000206. The Morgan fingerprint density at radius 1 is 0.444 bits per heavy atom. The van der Waals surface area contributed by atoms with Gasteiger partial charge in [0.25, 0.3) is 30.6 Å². The first-order chi connectivity index (χ1) is 45.1. The Hall–Kier alpha value is -6.93. The molecule has 3 fully saturated rings. The average molecular weight is 1540 g/mol. The van der Waals surface area contributed by atoms with Gasteiger partial charge in [-0.25, -0.2) is 13.2 Å². The van der Waals surface area contributed by atoms with E-state index >= 15 is 0 Å². The molecule has 24 nitrogen and oxygen atoms in total. The molecule has 0 saturated carbocycles. The SMILES string of the molecule is C.C.C.Cc1nn(C)cc1-c1csc(C2CC(C(=O)Nc3ccc(F)c(Cl)c3)N(C)S(=O)(=O)N2)c1.Cc1nn(C)cc1-c1csc([C@@H]2C[C@H](C(=O)Nc3ccc(F)c(Cl)c3)N(C)S(=O)(=O)N2)c1.Cc1nn(C)cc1-c1csc([C@H]2C[C@@H](C(=O)Nc3ccc(F)c(Cl)c3)N(C)S(=O)(=O)N2)c1. The molecule has 3 amide bonds. The molecule has 0 spiro atoms. The van der Waals surface area contributed by atoms with Gasteiger partial charge in [-0.15, -0.1) is 34.0 Å². The molecule has 6 N–H and O–H groups in total. The molecule has 3 saturated heterocycles. The number of carbonyl (C=O) groups is 3. The second-order valence-corrected chi connectivity index (χ2v) is 32.1. The number of likely N-dealkylation sites (N-methyl/N-ethyl adjacent to an activating group) is 3. The van der Waals surface area contributed by atoms with Gasteiger partial charge in [-0.1, -0.05) is 57.1 Å². The third kappa shape index (κ3) is 18.0. The van der Waals surface area contributed by atoms with Crippen LogP contribution in [0.4, 0.5) is 30.2 Å². The lowest BCUT2D eigenvalue weighted by Gasteiger charge is -2.35. The van der Waals surface area contributed by atoms with E-state index in [2.05, 4.69) is 45.4 Å². The van der Waals surface area contributed by atoms with Gasteiger partial charge in [-0.3, -0.25) is 28.4 Å². The molecule has 12 rings (SSSR count). The van der Waals surface area contributed by atoms with Crippen molar-refractivity contribution in [3.8, 4) is 33.4 Å². The monoisotopic (exact) mass is 1540 g/mol. The number of hydrogen-bond acceptors (Lipinski definition) is 15. The second-order valence-electron chi connectivity index (χ2n) is 22.8. The summed E-state index contributed by atoms with van der Waals surface area (Å²) in [6, 6.07) is 12.5. The fourth-order valence-corrected chi connectivity index (χ4v) is 18.4. The van der Waals surface area contributed by atoms with E-state index in [4.69, 9.17) is 34.8 Å². The van der Waals surface area contributed by atoms with Crippen molar-refractivity contribution in [1.29, 1.82) is 0 Å². The largest absolute Gasteiger partial charge is 0.325 e. The quantitative estimate of drug-likeness (QED) is 0.0666. The van der Waals surface area contributed by atoms with Crippen LogP contribution in [0.3, 0.4) is 0 Å². The van der Waals surface area contributed by atoms with Gasteiger partial charge in [0.05, 0.1) is 50.3 Å². The fraction of sp³-hybridized carbons (Fsp3) is 0.333. The minimum atomic E-state index is -3.89. The number of benzene rings is 3. The molecular weight excluding hydrogens is 1470 g/mol. The molecule has 3 aliphatic heterocycles. The van der Waals surface area contributed by atoms with Crippen molar-refractivity contribution in [2.75, 3.05) is 37.1 Å². The molecule has 0 bridgehead atoms. The lowest BCUT2D eigenvalue weighted by molar-refractivity contribution is -0.120. The van der Waals surface area contributed by atoms with Crippen LogP contribution in [0.5, 0.6) is 0 Å². The first kappa shape index (κ1) is 79.4. The van der Waals surface area contributed by atoms with Gasteiger partial charge in [0, 0.05) is 109 Å². The zero-order chi connectivity index (χ0) is 69.6. The molecule has 6 aromatic heterocycles. The zero-order valence-corrected chi connectivity index (χ0v) is 59.6. The van der Waals surface area contributed by atoms with Crippen molar-refractivity contribution in [2.24, 2.45) is 21.1 Å². The minimum absolute atomic E-state index is 0. The highest BCUT2D eigenvalue weighted by molar-refractivity contribution is 7.87. The summed E-state index contributed by atoms with van der Waals surface area (Å²) < 4.78 is 133. The third-order valence-corrected chi connectivity index (χ3v) is 24.8. The molecule has 3 aliphatic rings. The molecule has 0 aliphatic carbocycles. The van der Waals surface area contributed by atoms with Gasteiger partial charge < -0.3 is 16.0 Å². The topological polar surface area (TPSA) is 289 Å². The standard InChI is InChI=1S/3C20H21ClFN5O3S2.3CH4/c3*1-11-14(9-26(2)24-11)12-6-19(31-10-12)17-8-18(27(3)32(29,30)25-17)20(28)23-13-4-5-16(22)15(21)7-13;;;/h3*4-7,9-10,17-18,25H,8H2,1-3H3,(H,23,28);3*1H4/t2*17-,18+;;;;/m10..../s1. The molecular formula is C63H75Cl3F3N15O9S6. The Morgan fingerprint density at radius 3 is 0.899 bits per heavy atom. The number of hydrogen-bond donors (Lipinski definition) is 6. The van der Waals surface area contributed by atoms with E-state index in [1.165, 1.54) is 91.6 Å². The fourth-order valence-electron chi connectivity index (χ4n) is 11.0. The second kappa shape index (κ2) is 31.9. The minimum Gasteiger partial charge on any atom is -0.325 e. The van der Waals surface area contributed by atoms with E-state index in [1.54, 1.807) is 14.0 Å². The summed E-state index contributed by atoms with van der Waals surface area (Å²) in [6.45, 7) is 5.73. The first-order valence-electron chi connectivity index (χ1n) is 29.0. The van der Waals surface area contributed by atoms with E-state index in [1.807, 2.05) is 94.8 Å². The van der Waals surface area contributed by atoms with Crippen LogP contribution < -0.4 is 30.1 Å². The van der Waals surface area contributed by atoms with Gasteiger partial charge >= 0.3 is 0 Å². The van der Waals surface area contributed by atoms with Crippen molar-refractivity contribution >= 4 is 134 Å². The third-order valence-electron chi connectivity index (χ3n) is 16.0. The highest BCUT2D eigenvalue weighted by Crippen LogP contribution is 2.40. The van der Waals surface area contributed by atoms with Crippen LogP contribution in [0.15, 0.2) is 108 Å². The number of aromatic nitrogens is 6. The van der Waals surface area contributed by atoms with Crippen molar-refractivity contribution in [1.82, 2.24) is 56.4 Å². The van der Waals surface area contributed by atoms with E-state index < -0.39 is 102 Å². The smallest absolute Gasteiger partial charge is 0.280 e. The number of anilines is 3. The Labute approximate surface area is 601 Å². The van der Waals surface area contributed by atoms with Crippen LogP contribution in [-0.4, -0.2) is 125 Å². The summed E-state index contributed by atoms with van der Waals surface area (Å²) in [4.78, 5) is 41.2. The highest BCUT2D eigenvalue weighted by Gasteiger charge is 2.44. The van der Waals surface area contributed by atoms with E-state index in [0.717, 1.165) is 96.2 Å². The van der Waals surface area contributed by atoms with E-state index in [-0.39, 0.29) is 73.7 Å². The number of nitrogens with zero attached hydrogens (tertiary/aromatic N) is 9. The molecule has 3 aromatic carbocycles. The molecule has 6 atom stereocenters. The maximum absolute atomic E-state index is 13.4. The van der Waals surface area contributed by atoms with Crippen molar-refractivity contribution in [2.45, 2.75) is 98.6 Å². The predicted molar refractivity (Wildman–Crippen MR) is 387 cm³/mol. The summed E-state index contributed by atoms with van der Waals surface area (Å²) in [5, 5.41) is 26.4. The van der Waals surface area contributed by atoms with Gasteiger partial charge in [0.15, 0.2) is 0 Å². The summed E-state index contributed by atoms with van der Waals surface area (Å²) in [7, 11) is -2.12. The van der Waals surface area contributed by atoms with Gasteiger partial charge in [0.1, 0.15) is 35.6 Å². The normalized spacial score (nSPS) is 20.3. The number of thiophene rings is 3. The van der Waals surface area contributed by atoms with Crippen LogP contribution in [0, 0.1) is 38.2 Å². The average Bonchev–Trinajstić information content (AvgIpc) is 1.72. The molecule has 9 heterocycles. The van der Waals surface area contributed by atoms with E-state index in [0.29, 0.717) is 0 Å². The van der Waals surface area contributed by atoms with Crippen LogP contribution in [0.1, 0.15) is 91.4 Å². The molecule has 534 valence electrons. The summed E-state index contributed by atoms with van der Waals surface area (Å²) in [5.74, 6) is -3.39. The molecule has 99 heavy (non-hydrogen) atoms. The van der Waals surface area contributed by atoms with Crippen LogP contribution in [-0.2, 0) is 66.2 Å². The molecule has 2 unspecified atom stereocenters. The summed E-state index contributed by atoms with van der Waals surface area (Å²) in [5.41, 5.74) is 9.19. The molecule has 0 radical (unpaired) electrons. The number of nitrogens with one attached hydrogen (secondary N) is 6. The maximum atomic E-state index is 13.4. The van der Waals surface area contributed by atoms with Crippen LogP contribution in [0.25, 0.3) is 33.4 Å². The zero-order valence-electron chi connectivity index (χ0n) is 52.4. The van der Waals surface area contributed by atoms with Gasteiger partial charge in [-0.2, -0.15) is 67.6 Å². The Morgan fingerprint density at radius 2 is 0.687 bits per heavy atom. The van der Waals surface area contributed by atoms with Gasteiger partial charge in [0.2, 0.25) is 17.7 Å². The number of rotatable bonds is 12. The Kier molecular flexibility index (Phi) is 25.6. The Bertz CT molecular complexity index is 4340. The number of aryl methyl sites for hydroxylation is 6. The summed E-state index contributed by atoms with van der Waals surface area (Å²) >= 11 is 21.6. The number of halogens is 6. The highest BCUT2D eigenvalue weighted by atomic mass is 35.5. The van der Waals surface area contributed by atoms with Crippen LogP contribution >= 0.6 is 68.8 Å². The van der Waals surface area contributed by atoms with E-state index in [9.17, 15) is 52.8 Å². The van der Waals surface area contributed by atoms with Crippen LogP contribution in [0.2, 0.25) is 15.1 Å². The summed E-state index contributed by atoms with van der Waals surface area (Å²) in [6.07, 6.45) is 6.39. The van der Waals surface area contributed by atoms with Crippen molar-refractivity contribution in [3.05, 3.63) is 172 Å².